The van der Waals surface area contributed by atoms with Crippen molar-refractivity contribution in [1.29, 1.82) is 0 Å². The van der Waals surface area contributed by atoms with Gasteiger partial charge < -0.3 is 9.64 Å². The van der Waals surface area contributed by atoms with E-state index in [1.165, 1.54) is 68.1 Å². The molecular formula is C36H44N2O2. The third-order valence-electron chi connectivity index (χ3n) is 8.99. The molecule has 3 aromatic rings. The van der Waals surface area contributed by atoms with Gasteiger partial charge in [0.15, 0.2) is 0 Å². The monoisotopic (exact) mass is 536 g/mol. The average Bonchev–Trinajstić information content (AvgIpc) is 3.09. The second kappa shape index (κ2) is 11.2. The lowest BCUT2D eigenvalue weighted by atomic mass is 9.63. The molecule has 0 radical (unpaired) electrons. The quantitative estimate of drug-likeness (QED) is 0.213. The van der Waals surface area contributed by atoms with Gasteiger partial charge in [-0.05, 0) is 71.6 Å². The van der Waals surface area contributed by atoms with Crippen molar-refractivity contribution in [3.63, 3.8) is 0 Å². The number of para-hydroxylation sites is 1. The average molecular weight is 537 g/mol. The van der Waals surface area contributed by atoms with Crippen molar-refractivity contribution in [1.82, 2.24) is 0 Å². The van der Waals surface area contributed by atoms with Gasteiger partial charge in [0.1, 0.15) is 0 Å². The summed E-state index contributed by atoms with van der Waals surface area (Å²) in [6, 6.07) is 21.2. The Balaban J connectivity index is 1.70. The number of nitrogens with zero attached hydrogens (tertiary/aromatic N) is 2. The van der Waals surface area contributed by atoms with Crippen LogP contribution in [0.3, 0.4) is 0 Å². The summed E-state index contributed by atoms with van der Waals surface area (Å²) < 4.78 is 4.93. The van der Waals surface area contributed by atoms with Gasteiger partial charge in [0, 0.05) is 17.7 Å². The Morgan fingerprint density at radius 2 is 1.50 bits per heavy atom. The molecule has 1 heterocycles. The van der Waals surface area contributed by atoms with Gasteiger partial charge in [0.2, 0.25) is 0 Å². The van der Waals surface area contributed by atoms with Crippen LogP contribution in [0.15, 0.2) is 65.7 Å². The zero-order valence-electron chi connectivity index (χ0n) is 25.1. The third kappa shape index (κ3) is 5.33. The van der Waals surface area contributed by atoms with Gasteiger partial charge >= 0.3 is 5.97 Å². The van der Waals surface area contributed by atoms with Gasteiger partial charge in [-0.25, -0.2) is 9.79 Å². The number of carbonyl (C=O) groups excluding carboxylic acids is 1. The van der Waals surface area contributed by atoms with Gasteiger partial charge in [-0.1, -0.05) is 90.6 Å². The van der Waals surface area contributed by atoms with E-state index in [9.17, 15) is 4.79 Å². The summed E-state index contributed by atoms with van der Waals surface area (Å²) in [5.41, 5.74) is 10.1. The molecule has 0 unspecified atom stereocenters. The zero-order valence-corrected chi connectivity index (χ0v) is 25.1. The fraction of sp³-hybridized carbons (Fsp3) is 0.444. The Bertz CT molecular complexity index is 1420. The number of unbranched alkanes of at least 4 members (excludes halogenated alkanes) is 4. The fourth-order valence-electron chi connectivity index (χ4n) is 6.33. The van der Waals surface area contributed by atoms with Gasteiger partial charge in [-0.3, -0.25) is 0 Å². The summed E-state index contributed by atoms with van der Waals surface area (Å²) in [5.74, 6) is -0.328. The summed E-state index contributed by atoms with van der Waals surface area (Å²) in [5, 5.41) is 0. The van der Waals surface area contributed by atoms with Crippen molar-refractivity contribution in [3.05, 3.63) is 88.5 Å². The molecule has 0 saturated carbocycles. The molecule has 4 heteroatoms. The standard InChI is InChI=1S/C36H44N2O2/c1-7-8-9-10-13-22-38-31-15-12-11-14-27(31)33(25-16-18-26(19-17-25)34(39)40-6)37-30-23-28-29(24-32(30)38)36(4,5)21-20-35(28,2)3/h11-12,14-19,23-24H,7-10,13,20-22H2,1-6H3. The number of methoxy groups -OCH3 is 1. The van der Waals surface area contributed by atoms with Crippen LogP contribution >= 0.6 is 0 Å². The Morgan fingerprint density at radius 1 is 0.850 bits per heavy atom. The van der Waals surface area contributed by atoms with E-state index >= 15 is 0 Å². The van der Waals surface area contributed by atoms with Crippen LogP contribution in [-0.4, -0.2) is 25.3 Å². The Morgan fingerprint density at radius 3 is 2.17 bits per heavy atom. The van der Waals surface area contributed by atoms with E-state index < -0.39 is 0 Å². The Hall–Kier alpha value is -3.40. The van der Waals surface area contributed by atoms with E-state index in [2.05, 4.69) is 75.9 Å². The smallest absolute Gasteiger partial charge is 0.337 e. The number of anilines is 2. The highest BCUT2D eigenvalue weighted by Crippen LogP contribution is 2.51. The molecule has 3 aromatic carbocycles. The number of fused-ring (bicyclic) bond motifs is 3. The molecule has 40 heavy (non-hydrogen) atoms. The van der Waals surface area contributed by atoms with E-state index in [-0.39, 0.29) is 16.8 Å². The summed E-state index contributed by atoms with van der Waals surface area (Å²) in [6.45, 7) is 12.8. The lowest BCUT2D eigenvalue weighted by Gasteiger charge is -2.42. The molecule has 5 rings (SSSR count). The van der Waals surface area contributed by atoms with Crippen molar-refractivity contribution < 1.29 is 9.53 Å². The molecular weight excluding hydrogens is 492 g/mol. The first-order chi connectivity index (χ1) is 19.2. The van der Waals surface area contributed by atoms with Gasteiger partial charge in [0.05, 0.1) is 35.4 Å². The number of rotatable bonds is 8. The molecule has 4 nitrogen and oxygen atoms in total. The summed E-state index contributed by atoms with van der Waals surface area (Å²) in [4.78, 5) is 20.1. The number of ether oxygens (including phenoxy) is 1. The number of benzene rings is 3. The van der Waals surface area contributed by atoms with E-state index in [1.807, 2.05) is 24.3 Å². The number of hydrogen-bond donors (Lipinski definition) is 0. The Labute approximate surface area is 240 Å². The molecule has 0 N–H and O–H groups in total. The molecule has 0 atom stereocenters. The first kappa shape index (κ1) is 28.1. The van der Waals surface area contributed by atoms with Crippen LogP contribution in [0.25, 0.3) is 0 Å². The van der Waals surface area contributed by atoms with Crippen LogP contribution in [0.4, 0.5) is 17.1 Å². The first-order valence-corrected chi connectivity index (χ1v) is 15.0. The summed E-state index contributed by atoms with van der Waals surface area (Å²) >= 11 is 0. The first-order valence-electron chi connectivity index (χ1n) is 15.0. The van der Waals surface area contributed by atoms with Gasteiger partial charge in [-0.2, -0.15) is 0 Å². The highest BCUT2D eigenvalue weighted by atomic mass is 16.5. The molecule has 2 aliphatic rings. The summed E-state index contributed by atoms with van der Waals surface area (Å²) in [6.07, 6.45) is 8.53. The van der Waals surface area contributed by atoms with Crippen molar-refractivity contribution in [2.75, 3.05) is 18.6 Å². The predicted molar refractivity (Wildman–Crippen MR) is 167 cm³/mol. The lowest BCUT2D eigenvalue weighted by Crippen LogP contribution is -2.34. The van der Waals surface area contributed by atoms with Crippen molar-refractivity contribution in [2.45, 2.75) is 90.4 Å². The Kier molecular flexibility index (Phi) is 7.90. The number of aliphatic imine (C=N–C) groups is 1. The van der Waals surface area contributed by atoms with Crippen molar-refractivity contribution in [3.8, 4) is 0 Å². The van der Waals surface area contributed by atoms with E-state index in [1.54, 1.807) is 0 Å². The van der Waals surface area contributed by atoms with E-state index in [0.29, 0.717) is 5.56 Å². The third-order valence-corrected chi connectivity index (χ3v) is 8.99. The van der Waals surface area contributed by atoms with Gasteiger partial charge in [0.25, 0.3) is 0 Å². The van der Waals surface area contributed by atoms with Gasteiger partial charge in [-0.15, -0.1) is 0 Å². The van der Waals surface area contributed by atoms with Crippen molar-refractivity contribution in [2.24, 2.45) is 4.99 Å². The fourth-order valence-corrected chi connectivity index (χ4v) is 6.33. The van der Waals surface area contributed by atoms with Crippen LogP contribution in [-0.2, 0) is 15.6 Å². The molecule has 1 aliphatic carbocycles. The molecule has 0 fully saturated rings. The van der Waals surface area contributed by atoms with Crippen molar-refractivity contribution >= 4 is 28.7 Å². The number of carbonyl (C=O) groups is 1. The second-order valence-electron chi connectivity index (χ2n) is 12.8. The maximum absolute atomic E-state index is 12.1. The highest BCUT2D eigenvalue weighted by Gasteiger charge is 2.39. The molecule has 1 aliphatic heterocycles. The lowest BCUT2D eigenvalue weighted by molar-refractivity contribution is 0.0600. The minimum atomic E-state index is -0.328. The van der Waals surface area contributed by atoms with Crippen LogP contribution < -0.4 is 4.90 Å². The number of esters is 1. The molecule has 0 spiro atoms. The van der Waals surface area contributed by atoms with E-state index in [0.717, 1.165) is 35.5 Å². The van der Waals surface area contributed by atoms with Crippen LogP contribution in [0.1, 0.15) is 112 Å². The zero-order chi connectivity index (χ0) is 28.5. The second-order valence-corrected chi connectivity index (χ2v) is 12.8. The largest absolute Gasteiger partial charge is 0.465 e. The SMILES string of the molecule is CCCCCCCN1c2cc3c(cc2N=C(c2ccc(C(=O)OC)cc2)c2ccccc21)C(C)(C)CCC3(C)C. The topological polar surface area (TPSA) is 41.9 Å². The predicted octanol–water partition coefficient (Wildman–Crippen LogP) is 9.41. The molecule has 0 amide bonds. The van der Waals surface area contributed by atoms with Crippen LogP contribution in [0.5, 0.6) is 0 Å². The molecule has 0 bridgehead atoms. The molecule has 0 aromatic heterocycles. The van der Waals surface area contributed by atoms with E-state index in [4.69, 9.17) is 9.73 Å². The maximum atomic E-state index is 12.1. The minimum absolute atomic E-state index is 0.0991. The minimum Gasteiger partial charge on any atom is -0.465 e. The maximum Gasteiger partial charge on any atom is 0.337 e. The van der Waals surface area contributed by atoms with Crippen LogP contribution in [0.2, 0.25) is 0 Å². The molecule has 210 valence electrons. The number of hydrogen-bond acceptors (Lipinski definition) is 4. The highest BCUT2D eigenvalue weighted by molar-refractivity contribution is 6.19. The van der Waals surface area contributed by atoms with Crippen LogP contribution in [0, 0.1) is 0 Å². The summed E-state index contributed by atoms with van der Waals surface area (Å²) in [7, 11) is 1.42. The molecule has 0 saturated heterocycles. The normalized spacial score (nSPS) is 16.8.